The van der Waals surface area contributed by atoms with Gasteiger partial charge in [-0.05, 0) is 36.8 Å². The van der Waals surface area contributed by atoms with Crippen LogP contribution in [0.25, 0.3) is 0 Å². The zero-order valence-electron chi connectivity index (χ0n) is 11.6. The predicted octanol–water partition coefficient (Wildman–Crippen LogP) is 2.88. The second-order valence-electron chi connectivity index (χ2n) is 4.46. The first kappa shape index (κ1) is 16.2. The molecule has 2 rings (SSSR count). The van der Waals surface area contributed by atoms with E-state index in [2.05, 4.69) is 4.98 Å². The predicted molar refractivity (Wildman–Crippen MR) is 84.8 cm³/mol. The molecule has 21 heavy (non-hydrogen) atoms. The molecule has 0 bridgehead atoms. The highest BCUT2D eigenvalue weighted by molar-refractivity contribution is 8.00. The summed E-state index contributed by atoms with van der Waals surface area (Å²) in [6.07, 6.45) is 3.40. The normalized spacial score (nSPS) is 11.8. The Labute approximate surface area is 132 Å². The summed E-state index contributed by atoms with van der Waals surface area (Å²) in [6.45, 7) is 3.74. The van der Waals surface area contributed by atoms with E-state index in [-0.39, 0.29) is 4.90 Å². The van der Waals surface area contributed by atoms with E-state index in [1.807, 2.05) is 6.92 Å². The van der Waals surface area contributed by atoms with Crippen LogP contribution in [0, 0.1) is 6.92 Å². The summed E-state index contributed by atoms with van der Waals surface area (Å²) < 4.78 is 26.0. The van der Waals surface area contributed by atoms with E-state index in [1.54, 1.807) is 13.0 Å². The van der Waals surface area contributed by atoms with Crippen molar-refractivity contribution < 1.29 is 8.42 Å². The highest BCUT2D eigenvalue weighted by atomic mass is 35.5. The second kappa shape index (κ2) is 6.29. The standard InChI is InChI=1S/C13H15ClN2O3S2/c1-3-6-20-11-8-10(14)9(2)7-12(11)21(18,19)16-5-4-15-13(16)17/h4-5,7-8H,3,6H2,1-2H3,(H,15,17). The number of nitrogens with zero attached hydrogens (tertiary/aromatic N) is 1. The Bertz CT molecular complexity index is 809. The number of halogens is 1. The van der Waals surface area contributed by atoms with E-state index >= 15 is 0 Å². The van der Waals surface area contributed by atoms with E-state index in [9.17, 15) is 13.2 Å². The number of aryl methyl sites for hydroxylation is 1. The van der Waals surface area contributed by atoms with Crippen LogP contribution in [0.1, 0.15) is 18.9 Å². The molecule has 0 saturated heterocycles. The SMILES string of the molecule is CCCSc1cc(Cl)c(C)cc1S(=O)(=O)n1cc[nH]c1=O. The van der Waals surface area contributed by atoms with E-state index in [0.717, 1.165) is 12.2 Å². The van der Waals surface area contributed by atoms with Crippen molar-refractivity contribution in [2.24, 2.45) is 0 Å². The van der Waals surface area contributed by atoms with Crippen molar-refractivity contribution in [3.8, 4) is 0 Å². The molecule has 0 fully saturated rings. The Hall–Kier alpha value is -1.18. The third-order valence-electron chi connectivity index (χ3n) is 2.84. The molecule has 2 aromatic rings. The number of hydrogen-bond acceptors (Lipinski definition) is 4. The summed E-state index contributed by atoms with van der Waals surface area (Å²) in [4.78, 5) is 14.6. The summed E-state index contributed by atoms with van der Waals surface area (Å²) in [6, 6.07) is 3.15. The molecule has 0 amide bonds. The van der Waals surface area contributed by atoms with Crippen LogP contribution >= 0.6 is 23.4 Å². The first-order chi connectivity index (χ1) is 9.87. The fraction of sp³-hybridized carbons (Fsp3) is 0.308. The number of rotatable bonds is 5. The third kappa shape index (κ3) is 3.20. The number of aromatic amines is 1. The molecule has 114 valence electrons. The first-order valence-corrected chi connectivity index (χ1v) is 9.13. The lowest BCUT2D eigenvalue weighted by Gasteiger charge is -2.12. The third-order valence-corrected chi connectivity index (χ3v) is 6.34. The highest BCUT2D eigenvalue weighted by Gasteiger charge is 2.23. The molecular formula is C13H15ClN2O3S2. The highest BCUT2D eigenvalue weighted by Crippen LogP contribution is 2.32. The Balaban J connectivity index is 2.64. The zero-order chi connectivity index (χ0) is 15.6. The monoisotopic (exact) mass is 346 g/mol. The quantitative estimate of drug-likeness (QED) is 0.845. The van der Waals surface area contributed by atoms with Crippen molar-refractivity contribution in [3.63, 3.8) is 0 Å². The van der Waals surface area contributed by atoms with Crippen LogP contribution < -0.4 is 5.69 Å². The Kier molecular flexibility index (Phi) is 4.85. The van der Waals surface area contributed by atoms with E-state index in [0.29, 0.717) is 19.5 Å². The molecule has 1 heterocycles. The molecule has 0 aliphatic carbocycles. The Morgan fingerprint density at radius 3 is 2.67 bits per heavy atom. The first-order valence-electron chi connectivity index (χ1n) is 6.32. The van der Waals surface area contributed by atoms with E-state index in [4.69, 9.17) is 11.6 Å². The smallest absolute Gasteiger partial charge is 0.312 e. The van der Waals surface area contributed by atoms with Crippen LogP contribution in [0.5, 0.6) is 0 Å². The van der Waals surface area contributed by atoms with Gasteiger partial charge < -0.3 is 4.98 Å². The van der Waals surface area contributed by atoms with Crippen molar-refractivity contribution in [1.29, 1.82) is 0 Å². The molecule has 8 heteroatoms. The summed E-state index contributed by atoms with van der Waals surface area (Å²) in [5.74, 6) is 0.768. The van der Waals surface area contributed by atoms with Crippen molar-refractivity contribution in [1.82, 2.24) is 8.96 Å². The molecule has 0 aliphatic heterocycles. The van der Waals surface area contributed by atoms with Crippen molar-refractivity contribution >= 4 is 33.4 Å². The lowest BCUT2D eigenvalue weighted by atomic mass is 10.2. The molecule has 0 spiro atoms. The lowest BCUT2D eigenvalue weighted by Crippen LogP contribution is -2.25. The summed E-state index contributed by atoms with van der Waals surface area (Å²) in [5, 5.41) is 0.508. The largest absolute Gasteiger partial charge is 0.339 e. The maximum atomic E-state index is 12.6. The number of imidazole rings is 1. The number of benzene rings is 1. The molecule has 0 saturated carbocycles. The topological polar surface area (TPSA) is 71.9 Å². The van der Waals surface area contributed by atoms with Gasteiger partial charge in [0.05, 0.1) is 0 Å². The van der Waals surface area contributed by atoms with Crippen LogP contribution in [0.4, 0.5) is 0 Å². The van der Waals surface area contributed by atoms with Gasteiger partial charge in [-0.2, -0.15) is 3.97 Å². The van der Waals surface area contributed by atoms with Crippen LogP contribution in [-0.2, 0) is 10.0 Å². The van der Waals surface area contributed by atoms with Crippen LogP contribution in [0.2, 0.25) is 5.02 Å². The summed E-state index contributed by atoms with van der Waals surface area (Å²) >= 11 is 7.50. The summed E-state index contributed by atoms with van der Waals surface area (Å²) in [5.41, 5.74) is -0.0336. The number of aromatic nitrogens is 2. The average Bonchev–Trinajstić information content (AvgIpc) is 2.86. The van der Waals surface area contributed by atoms with Gasteiger partial charge in [0.2, 0.25) is 0 Å². The summed E-state index contributed by atoms with van der Waals surface area (Å²) in [7, 11) is -3.93. The molecule has 1 aromatic heterocycles. The average molecular weight is 347 g/mol. The van der Waals surface area contributed by atoms with Crippen LogP contribution in [0.15, 0.2) is 39.1 Å². The number of hydrogen-bond donors (Lipinski definition) is 1. The maximum absolute atomic E-state index is 12.6. The van der Waals surface area contributed by atoms with Crippen LogP contribution in [0.3, 0.4) is 0 Å². The molecule has 1 aromatic carbocycles. The lowest BCUT2D eigenvalue weighted by molar-refractivity contribution is 0.583. The minimum atomic E-state index is -3.93. The van der Waals surface area contributed by atoms with Gasteiger partial charge in [-0.25, -0.2) is 13.2 Å². The van der Waals surface area contributed by atoms with Gasteiger partial charge in [0.15, 0.2) is 0 Å². The number of H-pyrrole nitrogens is 1. The van der Waals surface area contributed by atoms with Gasteiger partial charge in [-0.3, -0.25) is 0 Å². The van der Waals surface area contributed by atoms with Gasteiger partial charge in [0, 0.05) is 22.3 Å². The molecule has 0 radical (unpaired) electrons. The van der Waals surface area contributed by atoms with E-state index in [1.165, 1.54) is 30.2 Å². The molecular weight excluding hydrogens is 332 g/mol. The fourth-order valence-corrected chi connectivity index (χ4v) is 4.66. The molecule has 5 nitrogen and oxygen atoms in total. The van der Waals surface area contributed by atoms with E-state index < -0.39 is 15.7 Å². The van der Waals surface area contributed by atoms with Gasteiger partial charge in [0.1, 0.15) is 4.90 Å². The number of thioether (sulfide) groups is 1. The van der Waals surface area contributed by atoms with Gasteiger partial charge in [-0.1, -0.05) is 18.5 Å². The minimum Gasteiger partial charge on any atom is -0.312 e. The minimum absolute atomic E-state index is 0.101. The molecule has 1 N–H and O–H groups in total. The number of nitrogens with one attached hydrogen (secondary N) is 1. The maximum Gasteiger partial charge on any atom is 0.339 e. The van der Waals surface area contributed by atoms with Crippen LogP contribution in [-0.4, -0.2) is 23.1 Å². The van der Waals surface area contributed by atoms with Gasteiger partial charge in [-0.15, -0.1) is 11.8 Å². The van der Waals surface area contributed by atoms with Gasteiger partial charge >= 0.3 is 5.69 Å². The fourth-order valence-electron chi connectivity index (χ4n) is 1.77. The Morgan fingerprint density at radius 1 is 1.38 bits per heavy atom. The molecule has 0 atom stereocenters. The molecule has 0 unspecified atom stereocenters. The zero-order valence-corrected chi connectivity index (χ0v) is 14.0. The molecule has 0 aliphatic rings. The second-order valence-corrected chi connectivity index (χ2v) is 7.79. The van der Waals surface area contributed by atoms with Crippen molar-refractivity contribution in [2.45, 2.75) is 30.1 Å². The van der Waals surface area contributed by atoms with Crippen molar-refractivity contribution in [2.75, 3.05) is 5.75 Å². The van der Waals surface area contributed by atoms with Crippen molar-refractivity contribution in [3.05, 3.63) is 45.6 Å². The van der Waals surface area contributed by atoms with Gasteiger partial charge in [0.25, 0.3) is 10.0 Å². The Morgan fingerprint density at radius 2 is 2.10 bits per heavy atom.